The third kappa shape index (κ3) is 5.10. The van der Waals surface area contributed by atoms with Gasteiger partial charge >= 0.3 is 0 Å². The summed E-state index contributed by atoms with van der Waals surface area (Å²) in [5.41, 5.74) is 1.49. The van der Waals surface area contributed by atoms with Gasteiger partial charge in [-0.05, 0) is 24.3 Å². The molecule has 0 fully saturated rings. The van der Waals surface area contributed by atoms with Gasteiger partial charge < -0.3 is 19.0 Å². The molecule has 2 aromatic heterocycles. The Bertz CT molecular complexity index is 1660. The molecule has 37 heavy (non-hydrogen) atoms. The average molecular weight is 583 g/mol. The van der Waals surface area contributed by atoms with Gasteiger partial charge in [0, 0.05) is 31.5 Å². The molecule has 0 atom stereocenters. The van der Waals surface area contributed by atoms with E-state index in [1.165, 1.54) is 0 Å². The minimum absolute atomic E-state index is 0. The van der Waals surface area contributed by atoms with Gasteiger partial charge in [0.2, 0.25) is 22.4 Å². The molecule has 2 N–H and O–H groups in total. The van der Waals surface area contributed by atoms with Crippen molar-refractivity contribution in [2.45, 2.75) is 0 Å². The molecular weight excluding hydrogens is 563 g/mol. The molecule has 7 heteroatoms. The summed E-state index contributed by atoms with van der Waals surface area (Å²) >= 11 is 0. The Morgan fingerprint density at radius 1 is 0.459 bits per heavy atom. The third-order valence-electron chi connectivity index (χ3n) is 5.62. The van der Waals surface area contributed by atoms with Crippen molar-refractivity contribution in [1.29, 1.82) is 0 Å². The Hall–Kier alpha value is -4.44. The fraction of sp³-hybridized carbons (Fsp3) is 0. The minimum atomic E-state index is -0.407. The zero-order chi connectivity index (χ0) is 25.1. The van der Waals surface area contributed by atoms with E-state index >= 15 is 0 Å². The molecule has 0 aliphatic rings. The molecule has 6 rings (SSSR count). The smallest absolute Gasteiger partial charge is 0.235 e. The van der Waals surface area contributed by atoms with E-state index in [4.69, 9.17) is 8.83 Å². The Kier molecular flexibility index (Phi) is 7.69. The monoisotopic (exact) mass is 582 g/mol. The Morgan fingerprint density at radius 2 is 0.784 bits per heavy atom. The van der Waals surface area contributed by atoms with Gasteiger partial charge in [0.05, 0.1) is 10.8 Å². The maximum atomic E-state index is 12.0. The summed E-state index contributed by atoms with van der Waals surface area (Å²) in [4.78, 5) is 24.0. The second kappa shape index (κ2) is 11.1. The van der Waals surface area contributed by atoms with E-state index < -0.39 is 10.9 Å². The van der Waals surface area contributed by atoms with Crippen molar-refractivity contribution in [2.75, 3.05) is 0 Å². The maximum absolute atomic E-state index is 12.0. The van der Waals surface area contributed by atoms with Crippen LogP contribution in [0.2, 0.25) is 0 Å². The van der Waals surface area contributed by atoms with Crippen LogP contribution in [-0.4, -0.2) is 10.2 Å². The molecular formula is C30H20O6Pd. The third-order valence-corrected chi connectivity index (χ3v) is 5.62. The second-order valence-corrected chi connectivity index (χ2v) is 7.94. The van der Waals surface area contributed by atoms with Gasteiger partial charge in [-0.2, -0.15) is 0 Å². The summed E-state index contributed by atoms with van der Waals surface area (Å²) in [5, 5.41) is 20.7. The van der Waals surface area contributed by atoms with E-state index in [9.17, 15) is 19.8 Å². The van der Waals surface area contributed by atoms with Gasteiger partial charge in [-0.25, -0.2) is 0 Å². The fourth-order valence-corrected chi connectivity index (χ4v) is 3.83. The molecule has 2 heterocycles. The van der Waals surface area contributed by atoms with Gasteiger partial charge in [0.15, 0.2) is 11.5 Å². The first kappa shape index (κ1) is 25.6. The SMILES string of the molecule is O=c1c(O)c(-c2ccccc2)oc2ccccc12.O=c1c(O)c(-c2ccccc2)oc2ccccc12.[Pd]. The van der Waals surface area contributed by atoms with Crippen LogP contribution in [0.15, 0.2) is 128 Å². The molecule has 4 aromatic carbocycles. The standard InChI is InChI=1S/2C15H10O3.Pd/c2*16-13-11-8-4-5-9-12(11)18-15(14(13)17)10-6-2-1-3-7-10;/h2*1-9,17H;. The van der Waals surface area contributed by atoms with Crippen molar-refractivity contribution in [2.24, 2.45) is 0 Å². The van der Waals surface area contributed by atoms with E-state index in [0.29, 0.717) is 33.1 Å². The zero-order valence-electron chi connectivity index (χ0n) is 19.2. The van der Waals surface area contributed by atoms with Crippen molar-refractivity contribution in [3.05, 3.63) is 130 Å². The molecule has 0 aliphatic carbocycles. The second-order valence-electron chi connectivity index (χ2n) is 7.94. The van der Waals surface area contributed by atoms with Crippen LogP contribution in [0, 0.1) is 0 Å². The summed E-state index contributed by atoms with van der Waals surface area (Å²) in [6.07, 6.45) is 0. The normalized spacial score (nSPS) is 10.4. The number of hydrogen-bond donors (Lipinski definition) is 2. The average Bonchev–Trinajstić information content (AvgIpc) is 2.94. The summed E-state index contributed by atoms with van der Waals surface area (Å²) in [6, 6.07) is 31.9. The maximum Gasteiger partial charge on any atom is 0.235 e. The van der Waals surface area contributed by atoms with Gasteiger partial charge in [0.25, 0.3) is 0 Å². The predicted molar refractivity (Wildman–Crippen MR) is 139 cm³/mol. The summed E-state index contributed by atoms with van der Waals surface area (Å²) in [6.45, 7) is 0. The molecule has 0 saturated carbocycles. The molecule has 0 aliphatic heterocycles. The van der Waals surface area contributed by atoms with Crippen LogP contribution in [0.25, 0.3) is 44.6 Å². The topological polar surface area (TPSA) is 101 Å². The van der Waals surface area contributed by atoms with Crippen molar-refractivity contribution < 1.29 is 39.5 Å². The number of fused-ring (bicyclic) bond motifs is 2. The van der Waals surface area contributed by atoms with Gasteiger partial charge in [-0.3, -0.25) is 9.59 Å². The first-order chi connectivity index (χ1) is 17.5. The van der Waals surface area contributed by atoms with E-state index in [1.807, 2.05) is 36.4 Å². The molecule has 0 spiro atoms. The number of rotatable bonds is 2. The quantitative estimate of drug-likeness (QED) is 0.232. The molecule has 6 aromatic rings. The molecule has 186 valence electrons. The van der Waals surface area contributed by atoms with E-state index in [0.717, 1.165) is 0 Å². The van der Waals surface area contributed by atoms with Crippen LogP contribution in [0.1, 0.15) is 0 Å². The molecule has 6 nitrogen and oxygen atoms in total. The summed E-state index contributed by atoms with van der Waals surface area (Å²) < 4.78 is 11.2. The van der Waals surface area contributed by atoms with Gasteiger partial charge in [-0.1, -0.05) is 84.9 Å². The van der Waals surface area contributed by atoms with Crippen LogP contribution in [0.3, 0.4) is 0 Å². The van der Waals surface area contributed by atoms with Crippen LogP contribution in [0.4, 0.5) is 0 Å². The number of benzene rings is 4. The van der Waals surface area contributed by atoms with E-state index in [-0.39, 0.29) is 43.4 Å². The van der Waals surface area contributed by atoms with Gasteiger partial charge in [-0.15, -0.1) is 0 Å². The van der Waals surface area contributed by atoms with Crippen LogP contribution in [-0.2, 0) is 20.4 Å². The Morgan fingerprint density at radius 3 is 1.16 bits per heavy atom. The van der Waals surface area contributed by atoms with Crippen molar-refractivity contribution in [3.8, 4) is 34.1 Å². The van der Waals surface area contributed by atoms with Gasteiger partial charge in [0.1, 0.15) is 11.2 Å². The molecule has 0 saturated heterocycles. The van der Waals surface area contributed by atoms with Crippen molar-refractivity contribution in [1.82, 2.24) is 0 Å². The van der Waals surface area contributed by atoms with Crippen LogP contribution >= 0.6 is 0 Å². The number of para-hydroxylation sites is 2. The molecule has 0 bridgehead atoms. The van der Waals surface area contributed by atoms with Crippen LogP contribution < -0.4 is 10.9 Å². The Labute approximate surface area is 224 Å². The van der Waals surface area contributed by atoms with Crippen molar-refractivity contribution >= 4 is 21.9 Å². The van der Waals surface area contributed by atoms with Crippen molar-refractivity contribution in [3.63, 3.8) is 0 Å². The van der Waals surface area contributed by atoms with Crippen LogP contribution in [0.5, 0.6) is 11.5 Å². The summed E-state index contributed by atoms with van der Waals surface area (Å²) in [7, 11) is 0. The largest absolute Gasteiger partial charge is 0.502 e. The minimum Gasteiger partial charge on any atom is -0.502 e. The Balaban J connectivity index is 0.000000168. The number of aromatic hydroxyl groups is 2. The number of hydrogen-bond acceptors (Lipinski definition) is 6. The molecule has 0 amide bonds. The first-order valence-corrected chi connectivity index (χ1v) is 11.1. The summed E-state index contributed by atoms with van der Waals surface area (Å²) in [5.74, 6) is -0.279. The zero-order valence-corrected chi connectivity index (χ0v) is 20.8. The molecule has 0 unspecified atom stereocenters. The van der Waals surface area contributed by atoms with E-state index in [2.05, 4.69) is 0 Å². The first-order valence-electron chi connectivity index (χ1n) is 11.1. The molecule has 0 radical (unpaired) electrons. The fourth-order valence-electron chi connectivity index (χ4n) is 3.83. The van der Waals surface area contributed by atoms with E-state index in [1.54, 1.807) is 72.8 Å². The predicted octanol–water partition coefficient (Wildman–Crippen LogP) is 6.33.